The smallest absolute Gasteiger partial charge is 0.201 e. The first-order valence-electron chi connectivity index (χ1n) is 7.72. The number of aliphatic hydroxyl groups is 1. The molecule has 2 aliphatic rings. The van der Waals surface area contributed by atoms with Crippen molar-refractivity contribution in [3.05, 3.63) is 47.1 Å². The van der Waals surface area contributed by atoms with Crippen molar-refractivity contribution in [2.24, 2.45) is 0 Å². The molecule has 1 unspecified atom stereocenters. The van der Waals surface area contributed by atoms with Gasteiger partial charge >= 0.3 is 0 Å². The van der Waals surface area contributed by atoms with Crippen molar-refractivity contribution >= 4 is 17.8 Å². The second-order valence-corrected chi connectivity index (χ2v) is 6.65. The molecule has 1 aliphatic heterocycles. The van der Waals surface area contributed by atoms with Gasteiger partial charge in [0.2, 0.25) is 5.75 Å². The number of benzene rings is 1. The maximum atomic E-state index is 10.3. The minimum absolute atomic E-state index is 0.0277. The molecule has 1 aromatic rings. The zero-order chi connectivity index (χ0) is 17.6. The van der Waals surface area contributed by atoms with E-state index in [4.69, 9.17) is 0 Å². The van der Waals surface area contributed by atoms with Crippen LogP contribution in [0, 0.1) is 0 Å². The molecule has 1 heterocycles. The first-order valence-corrected chi connectivity index (χ1v) is 7.72. The SMILES string of the molecule is CN1c2c(C=CC(C)(C)O)c(O)c(O)c(O)c2C=C2C=CC=CC21. The molecule has 1 atom stereocenters. The van der Waals surface area contributed by atoms with Crippen molar-refractivity contribution in [2.45, 2.75) is 25.5 Å². The number of anilines is 1. The first-order chi connectivity index (χ1) is 11.2. The number of phenolic OH excluding ortho intramolecular Hbond substituents is 3. The Labute approximate surface area is 140 Å². The maximum absolute atomic E-state index is 10.3. The highest BCUT2D eigenvalue weighted by atomic mass is 16.3. The number of nitrogens with zero attached hydrogens (tertiary/aromatic N) is 1. The van der Waals surface area contributed by atoms with Crippen LogP contribution in [-0.2, 0) is 0 Å². The molecule has 0 saturated heterocycles. The monoisotopic (exact) mass is 327 g/mol. The predicted molar refractivity (Wildman–Crippen MR) is 95.2 cm³/mol. The molecule has 5 heteroatoms. The molecule has 0 spiro atoms. The van der Waals surface area contributed by atoms with Gasteiger partial charge in [0.15, 0.2) is 11.5 Å². The van der Waals surface area contributed by atoms with E-state index in [1.165, 1.54) is 6.08 Å². The van der Waals surface area contributed by atoms with Gasteiger partial charge in [-0.2, -0.15) is 0 Å². The Morgan fingerprint density at radius 1 is 1.08 bits per heavy atom. The molecule has 3 rings (SSSR count). The number of aromatic hydroxyl groups is 3. The lowest BCUT2D eigenvalue weighted by molar-refractivity contribution is 0.134. The molecule has 24 heavy (non-hydrogen) atoms. The highest BCUT2D eigenvalue weighted by molar-refractivity contribution is 5.91. The van der Waals surface area contributed by atoms with Crippen LogP contribution in [0.15, 0.2) is 36.0 Å². The fourth-order valence-corrected chi connectivity index (χ4v) is 3.04. The van der Waals surface area contributed by atoms with Gasteiger partial charge in [-0.3, -0.25) is 0 Å². The second-order valence-electron chi connectivity index (χ2n) is 6.65. The Morgan fingerprint density at radius 3 is 2.46 bits per heavy atom. The largest absolute Gasteiger partial charge is 0.504 e. The van der Waals surface area contributed by atoms with Crippen LogP contribution in [0.5, 0.6) is 17.2 Å². The van der Waals surface area contributed by atoms with E-state index >= 15 is 0 Å². The van der Waals surface area contributed by atoms with Crippen molar-refractivity contribution in [1.29, 1.82) is 0 Å². The van der Waals surface area contributed by atoms with E-state index in [0.29, 0.717) is 16.8 Å². The molecule has 4 N–H and O–H groups in total. The van der Waals surface area contributed by atoms with E-state index in [9.17, 15) is 20.4 Å². The zero-order valence-corrected chi connectivity index (χ0v) is 13.9. The van der Waals surface area contributed by atoms with Crippen molar-refractivity contribution < 1.29 is 20.4 Å². The van der Waals surface area contributed by atoms with Crippen LogP contribution < -0.4 is 4.90 Å². The summed E-state index contributed by atoms with van der Waals surface area (Å²) in [5, 5.41) is 40.6. The molecule has 1 aromatic carbocycles. The summed E-state index contributed by atoms with van der Waals surface area (Å²) in [4.78, 5) is 1.92. The number of hydrogen-bond donors (Lipinski definition) is 4. The third-order valence-electron chi connectivity index (χ3n) is 4.24. The quantitative estimate of drug-likeness (QED) is 0.628. The minimum Gasteiger partial charge on any atom is -0.504 e. The van der Waals surface area contributed by atoms with E-state index < -0.39 is 17.1 Å². The standard InChI is InChI=1S/C19H21NO4/c1-19(2,24)9-8-12-15-13(17(22)18(23)16(12)21)10-11-6-4-5-7-14(11)20(15)3/h4-10,14,21-24H,1-3H3. The molecule has 5 nitrogen and oxygen atoms in total. The van der Waals surface area contributed by atoms with Crippen LogP contribution in [0.25, 0.3) is 12.2 Å². The normalized spacial score (nSPS) is 19.4. The predicted octanol–water partition coefficient (Wildman–Crippen LogP) is 2.92. The molecule has 0 bridgehead atoms. The topological polar surface area (TPSA) is 84.2 Å². The van der Waals surface area contributed by atoms with Gasteiger partial charge in [-0.25, -0.2) is 0 Å². The van der Waals surface area contributed by atoms with Crippen LogP contribution >= 0.6 is 0 Å². The van der Waals surface area contributed by atoms with Crippen LogP contribution in [0.3, 0.4) is 0 Å². The van der Waals surface area contributed by atoms with E-state index in [2.05, 4.69) is 0 Å². The van der Waals surface area contributed by atoms with Gasteiger partial charge in [-0.15, -0.1) is 0 Å². The molecular weight excluding hydrogens is 306 g/mol. The molecule has 0 amide bonds. The summed E-state index contributed by atoms with van der Waals surface area (Å²) in [6, 6.07) is -0.0277. The Bertz CT molecular complexity index is 810. The number of phenols is 3. The number of allylic oxidation sites excluding steroid dienone is 2. The van der Waals surface area contributed by atoms with E-state index in [-0.39, 0.29) is 11.8 Å². The van der Waals surface area contributed by atoms with Crippen LogP contribution in [0.4, 0.5) is 5.69 Å². The fourth-order valence-electron chi connectivity index (χ4n) is 3.04. The van der Waals surface area contributed by atoms with Crippen LogP contribution in [0.1, 0.15) is 25.0 Å². The summed E-state index contributed by atoms with van der Waals surface area (Å²) in [5.41, 5.74) is 1.29. The molecule has 0 saturated carbocycles. The molecule has 1 aliphatic carbocycles. The number of hydrogen-bond acceptors (Lipinski definition) is 5. The molecule has 0 aromatic heterocycles. The highest BCUT2D eigenvalue weighted by Gasteiger charge is 2.31. The lowest BCUT2D eigenvalue weighted by Crippen LogP contribution is -2.35. The Hall–Kier alpha value is -2.66. The van der Waals surface area contributed by atoms with Crippen molar-refractivity contribution in [3.63, 3.8) is 0 Å². The van der Waals surface area contributed by atoms with Gasteiger partial charge in [0, 0.05) is 18.2 Å². The average molecular weight is 327 g/mol. The van der Waals surface area contributed by atoms with Gasteiger partial charge in [0.05, 0.1) is 17.3 Å². The summed E-state index contributed by atoms with van der Waals surface area (Å²) in [6.07, 6.45) is 12.7. The minimum atomic E-state index is -1.07. The third-order valence-corrected chi connectivity index (χ3v) is 4.24. The molecule has 0 fully saturated rings. The summed E-state index contributed by atoms with van der Waals surface area (Å²) in [6.45, 7) is 3.23. The molecule has 0 radical (unpaired) electrons. The Morgan fingerprint density at radius 2 is 1.79 bits per heavy atom. The van der Waals surface area contributed by atoms with E-state index in [1.54, 1.807) is 26.0 Å². The van der Waals surface area contributed by atoms with Crippen molar-refractivity contribution in [1.82, 2.24) is 0 Å². The average Bonchev–Trinajstić information content (AvgIpc) is 2.52. The Balaban J connectivity index is 2.28. The third kappa shape index (κ3) is 2.57. The summed E-state index contributed by atoms with van der Waals surface area (Å²) in [5.74, 6) is -1.34. The van der Waals surface area contributed by atoms with Gasteiger partial charge in [-0.05, 0) is 25.5 Å². The Kier molecular flexibility index (Phi) is 3.68. The number of rotatable bonds is 2. The van der Waals surface area contributed by atoms with E-state index in [1.807, 2.05) is 36.3 Å². The first kappa shape index (κ1) is 16.2. The van der Waals surface area contributed by atoms with Crippen LogP contribution in [0.2, 0.25) is 0 Å². The molecule has 126 valence electrons. The zero-order valence-electron chi connectivity index (χ0n) is 13.9. The molecular formula is C19H21NO4. The van der Waals surface area contributed by atoms with Crippen LogP contribution in [-0.4, -0.2) is 39.1 Å². The van der Waals surface area contributed by atoms with Gasteiger partial charge in [-0.1, -0.05) is 36.5 Å². The maximum Gasteiger partial charge on any atom is 0.201 e. The number of fused-ring (bicyclic) bond motifs is 2. The lowest BCUT2D eigenvalue weighted by Gasteiger charge is -2.36. The van der Waals surface area contributed by atoms with Gasteiger partial charge < -0.3 is 25.3 Å². The fraction of sp³-hybridized carbons (Fsp3) is 0.263. The van der Waals surface area contributed by atoms with Crippen molar-refractivity contribution in [2.75, 3.05) is 11.9 Å². The lowest BCUT2D eigenvalue weighted by atomic mass is 9.89. The van der Waals surface area contributed by atoms with Gasteiger partial charge in [0.1, 0.15) is 0 Å². The summed E-state index contributed by atoms with van der Waals surface area (Å²) in [7, 11) is 1.86. The van der Waals surface area contributed by atoms with Gasteiger partial charge in [0.25, 0.3) is 0 Å². The number of likely N-dealkylation sites (N-methyl/N-ethyl adjacent to an activating group) is 1. The second kappa shape index (κ2) is 5.46. The van der Waals surface area contributed by atoms with E-state index in [0.717, 1.165) is 5.57 Å². The van der Waals surface area contributed by atoms with Crippen molar-refractivity contribution in [3.8, 4) is 17.2 Å². The summed E-state index contributed by atoms with van der Waals surface area (Å²) >= 11 is 0. The highest BCUT2D eigenvalue weighted by Crippen LogP contribution is 2.51. The summed E-state index contributed by atoms with van der Waals surface area (Å²) < 4.78 is 0.